The fraction of sp³-hybridized carbons (Fsp3) is 0.571. The summed E-state index contributed by atoms with van der Waals surface area (Å²) in [5.41, 5.74) is 7.30. The monoisotopic (exact) mass is 235 g/mol. The first kappa shape index (κ1) is 12.4. The van der Waals surface area contributed by atoms with E-state index in [2.05, 4.69) is 19.1 Å². The number of nitrogens with two attached hydrogens (primary N) is 1. The SMILES string of the molecule is COCCOc1ccc(C2CC(N)C2C)cc1. The van der Waals surface area contributed by atoms with Crippen LogP contribution in [-0.4, -0.2) is 26.4 Å². The molecule has 0 bridgehead atoms. The number of methoxy groups -OCH3 is 1. The number of hydrogen-bond acceptors (Lipinski definition) is 3. The van der Waals surface area contributed by atoms with Crippen molar-refractivity contribution in [1.82, 2.24) is 0 Å². The van der Waals surface area contributed by atoms with Gasteiger partial charge in [-0.05, 0) is 36.0 Å². The summed E-state index contributed by atoms with van der Waals surface area (Å²) < 4.78 is 10.5. The molecule has 1 aromatic rings. The second-order valence-corrected chi connectivity index (χ2v) is 4.78. The van der Waals surface area contributed by atoms with Crippen LogP contribution >= 0.6 is 0 Å². The van der Waals surface area contributed by atoms with Gasteiger partial charge >= 0.3 is 0 Å². The third-order valence-corrected chi connectivity index (χ3v) is 3.70. The van der Waals surface area contributed by atoms with Crippen molar-refractivity contribution in [2.24, 2.45) is 11.7 Å². The topological polar surface area (TPSA) is 44.5 Å². The van der Waals surface area contributed by atoms with Crippen LogP contribution in [0.25, 0.3) is 0 Å². The molecule has 0 heterocycles. The van der Waals surface area contributed by atoms with Gasteiger partial charge in [0, 0.05) is 13.2 Å². The highest BCUT2D eigenvalue weighted by molar-refractivity contribution is 5.31. The number of rotatable bonds is 5. The molecule has 2 N–H and O–H groups in total. The zero-order valence-electron chi connectivity index (χ0n) is 10.6. The summed E-state index contributed by atoms with van der Waals surface area (Å²) in [6, 6.07) is 8.73. The van der Waals surface area contributed by atoms with E-state index in [0.29, 0.717) is 31.1 Å². The fourth-order valence-electron chi connectivity index (χ4n) is 2.32. The van der Waals surface area contributed by atoms with Gasteiger partial charge in [0.1, 0.15) is 12.4 Å². The normalized spacial score (nSPS) is 27.6. The Hall–Kier alpha value is -1.06. The van der Waals surface area contributed by atoms with Crippen molar-refractivity contribution in [2.45, 2.75) is 25.3 Å². The Labute approximate surface area is 103 Å². The maximum absolute atomic E-state index is 5.92. The maximum Gasteiger partial charge on any atom is 0.119 e. The molecule has 17 heavy (non-hydrogen) atoms. The minimum Gasteiger partial charge on any atom is -0.491 e. The number of ether oxygens (including phenoxy) is 2. The van der Waals surface area contributed by atoms with Gasteiger partial charge in [-0.1, -0.05) is 19.1 Å². The lowest BCUT2D eigenvalue weighted by molar-refractivity contribution is 0.146. The molecule has 1 saturated carbocycles. The predicted molar refractivity (Wildman–Crippen MR) is 68.3 cm³/mol. The van der Waals surface area contributed by atoms with Crippen molar-refractivity contribution >= 4 is 0 Å². The average Bonchev–Trinajstić information content (AvgIpc) is 2.37. The van der Waals surface area contributed by atoms with Gasteiger partial charge in [0.2, 0.25) is 0 Å². The van der Waals surface area contributed by atoms with Crippen molar-refractivity contribution in [3.8, 4) is 5.75 Å². The summed E-state index contributed by atoms with van der Waals surface area (Å²) in [4.78, 5) is 0. The van der Waals surface area contributed by atoms with Crippen LogP contribution < -0.4 is 10.5 Å². The van der Waals surface area contributed by atoms with Gasteiger partial charge in [-0.3, -0.25) is 0 Å². The van der Waals surface area contributed by atoms with Crippen LogP contribution in [0.2, 0.25) is 0 Å². The Morgan fingerprint density at radius 2 is 1.94 bits per heavy atom. The molecule has 3 nitrogen and oxygen atoms in total. The first-order chi connectivity index (χ1) is 8.22. The molecule has 0 aromatic heterocycles. The van der Waals surface area contributed by atoms with Gasteiger partial charge in [0.25, 0.3) is 0 Å². The van der Waals surface area contributed by atoms with E-state index in [4.69, 9.17) is 15.2 Å². The zero-order valence-corrected chi connectivity index (χ0v) is 10.6. The Balaban J connectivity index is 1.90. The van der Waals surface area contributed by atoms with Crippen molar-refractivity contribution < 1.29 is 9.47 Å². The average molecular weight is 235 g/mol. The van der Waals surface area contributed by atoms with E-state index in [-0.39, 0.29) is 0 Å². The van der Waals surface area contributed by atoms with E-state index in [1.165, 1.54) is 5.56 Å². The standard InChI is InChI=1S/C14H21NO2/c1-10-13(9-14(10)15)11-3-5-12(6-4-11)17-8-7-16-2/h3-6,10,13-14H,7-9,15H2,1-2H3. The van der Waals surface area contributed by atoms with E-state index < -0.39 is 0 Å². The maximum atomic E-state index is 5.92. The molecule has 3 atom stereocenters. The number of benzene rings is 1. The molecule has 3 unspecified atom stereocenters. The molecule has 2 rings (SSSR count). The smallest absolute Gasteiger partial charge is 0.119 e. The molecule has 1 aromatic carbocycles. The summed E-state index contributed by atoms with van der Waals surface area (Å²) in [5, 5.41) is 0. The second kappa shape index (κ2) is 5.52. The van der Waals surface area contributed by atoms with Gasteiger partial charge in [0.05, 0.1) is 6.61 Å². The summed E-state index contributed by atoms with van der Waals surface area (Å²) in [6.45, 7) is 3.44. The van der Waals surface area contributed by atoms with E-state index in [1.807, 2.05) is 12.1 Å². The molecule has 0 spiro atoms. The van der Waals surface area contributed by atoms with E-state index in [0.717, 1.165) is 12.2 Å². The third-order valence-electron chi connectivity index (χ3n) is 3.70. The molecule has 0 saturated heterocycles. The molecular formula is C14H21NO2. The van der Waals surface area contributed by atoms with Crippen LogP contribution in [-0.2, 0) is 4.74 Å². The van der Waals surface area contributed by atoms with Gasteiger partial charge in [-0.15, -0.1) is 0 Å². The molecule has 0 amide bonds. The first-order valence-corrected chi connectivity index (χ1v) is 6.19. The fourth-order valence-corrected chi connectivity index (χ4v) is 2.32. The van der Waals surface area contributed by atoms with Gasteiger partial charge in [-0.2, -0.15) is 0 Å². The van der Waals surface area contributed by atoms with Gasteiger partial charge in [-0.25, -0.2) is 0 Å². The van der Waals surface area contributed by atoms with E-state index >= 15 is 0 Å². The summed E-state index contributed by atoms with van der Waals surface area (Å²) >= 11 is 0. The molecule has 1 fully saturated rings. The van der Waals surface area contributed by atoms with Crippen LogP contribution in [0.1, 0.15) is 24.8 Å². The Morgan fingerprint density at radius 1 is 1.24 bits per heavy atom. The van der Waals surface area contributed by atoms with E-state index in [1.54, 1.807) is 7.11 Å². The third kappa shape index (κ3) is 2.79. The first-order valence-electron chi connectivity index (χ1n) is 6.19. The summed E-state index contributed by atoms with van der Waals surface area (Å²) in [7, 11) is 1.67. The quantitative estimate of drug-likeness (QED) is 0.795. The minimum atomic E-state index is 0.373. The lowest BCUT2D eigenvalue weighted by atomic mass is 9.67. The van der Waals surface area contributed by atoms with Crippen LogP contribution in [0.4, 0.5) is 0 Å². The Morgan fingerprint density at radius 3 is 2.47 bits per heavy atom. The highest BCUT2D eigenvalue weighted by Crippen LogP contribution is 2.41. The molecule has 3 heteroatoms. The largest absolute Gasteiger partial charge is 0.491 e. The van der Waals surface area contributed by atoms with Crippen LogP contribution in [0, 0.1) is 5.92 Å². The lowest BCUT2D eigenvalue weighted by Crippen LogP contribution is -2.44. The zero-order chi connectivity index (χ0) is 12.3. The minimum absolute atomic E-state index is 0.373. The van der Waals surface area contributed by atoms with Gasteiger partial charge in [0.15, 0.2) is 0 Å². The molecule has 1 aliphatic rings. The van der Waals surface area contributed by atoms with Crippen molar-refractivity contribution in [2.75, 3.05) is 20.3 Å². The van der Waals surface area contributed by atoms with Crippen molar-refractivity contribution in [3.63, 3.8) is 0 Å². The van der Waals surface area contributed by atoms with Crippen molar-refractivity contribution in [1.29, 1.82) is 0 Å². The molecule has 94 valence electrons. The van der Waals surface area contributed by atoms with E-state index in [9.17, 15) is 0 Å². The number of hydrogen-bond donors (Lipinski definition) is 1. The summed E-state index contributed by atoms with van der Waals surface area (Å²) in [5.74, 6) is 2.12. The summed E-state index contributed by atoms with van der Waals surface area (Å²) in [6.07, 6.45) is 1.10. The van der Waals surface area contributed by atoms with Crippen LogP contribution in [0.3, 0.4) is 0 Å². The highest BCUT2D eigenvalue weighted by Gasteiger charge is 2.35. The van der Waals surface area contributed by atoms with Crippen molar-refractivity contribution in [3.05, 3.63) is 29.8 Å². The van der Waals surface area contributed by atoms with Crippen LogP contribution in [0.15, 0.2) is 24.3 Å². The molecule has 0 radical (unpaired) electrons. The Kier molecular flexibility index (Phi) is 4.02. The molecule has 1 aliphatic carbocycles. The molecule has 0 aliphatic heterocycles. The van der Waals surface area contributed by atoms with Crippen LogP contribution in [0.5, 0.6) is 5.75 Å². The second-order valence-electron chi connectivity index (χ2n) is 4.78. The molecular weight excluding hydrogens is 214 g/mol. The Bertz CT molecular complexity index is 350. The van der Waals surface area contributed by atoms with Gasteiger partial charge < -0.3 is 15.2 Å². The predicted octanol–water partition coefficient (Wildman–Crippen LogP) is 2.16. The lowest BCUT2D eigenvalue weighted by Gasteiger charge is -2.40. The highest BCUT2D eigenvalue weighted by atomic mass is 16.5.